The number of nitrogens with zero attached hydrogens (tertiary/aromatic N) is 2. The van der Waals surface area contributed by atoms with Gasteiger partial charge in [0.2, 0.25) is 0 Å². The quantitative estimate of drug-likeness (QED) is 0.854. The monoisotopic (exact) mass is 306 g/mol. The zero-order chi connectivity index (χ0) is 15.5. The second-order valence-corrected chi connectivity index (χ2v) is 6.77. The van der Waals surface area contributed by atoms with E-state index in [2.05, 4.69) is 16.7 Å². The van der Waals surface area contributed by atoms with Gasteiger partial charge in [0.05, 0.1) is 12.7 Å². The van der Waals surface area contributed by atoms with Gasteiger partial charge in [-0.1, -0.05) is 12.1 Å². The second-order valence-electron chi connectivity index (χ2n) is 6.77. The standard InChI is InChI=1S/C18H27FN2O/c1-14-3-4-16(11-18(14)19)13-20-7-5-17(6-8-20)21-9-10-22-15(2)12-21/h3-4,11,15,17H,5-10,12-13H2,1-2H3/t15-/m1/s1. The van der Waals surface area contributed by atoms with Gasteiger partial charge in [0, 0.05) is 25.7 Å². The lowest BCUT2D eigenvalue weighted by Crippen LogP contribution is -2.50. The van der Waals surface area contributed by atoms with E-state index < -0.39 is 0 Å². The molecule has 2 fully saturated rings. The van der Waals surface area contributed by atoms with E-state index in [0.717, 1.165) is 50.5 Å². The van der Waals surface area contributed by atoms with Gasteiger partial charge in [-0.3, -0.25) is 9.80 Å². The van der Waals surface area contributed by atoms with Crippen LogP contribution in [0.5, 0.6) is 0 Å². The molecule has 4 heteroatoms. The third-order valence-electron chi connectivity index (χ3n) is 4.99. The van der Waals surface area contributed by atoms with E-state index in [0.29, 0.717) is 12.1 Å². The van der Waals surface area contributed by atoms with Crippen LogP contribution in [0.25, 0.3) is 0 Å². The molecule has 0 aromatic heterocycles. The molecule has 2 saturated heterocycles. The van der Waals surface area contributed by atoms with Gasteiger partial charge in [-0.2, -0.15) is 0 Å². The Bertz CT molecular complexity index is 500. The Morgan fingerprint density at radius 1 is 1.23 bits per heavy atom. The van der Waals surface area contributed by atoms with E-state index >= 15 is 0 Å². The van der Waals surface area contributed by atoms with Gasteiger partial charge in [0.25, 0.3) is 0 Å². The highest BCUT2D eigenvalue weighted by molar-refractivity contribution is 5.23. The fourth-order valence-corrected chi connectivity index (χ4v) is 3.61. The lowest BCUT2D eigenvalue weighted by molar-refractivity contribution is -0.0437. The molecule has 0 saturated carbocycles. The Kier molecular flexibility index (Phi) is 5.11. The van der Waals surface area contributed by atoms with Crippen molar-refractivity contribution in [2.45, 2.75) is 45.4 Å². The summed E-state index contributed by atoms with van der Waals surface area (Å²) in [5.74, 6) is -0.0882. The fourth-order valence-electron chi connectivity index (χ4n) is 3.61. The van der Waals surface area contributed by atoms with E-state index in [1.807, 2.05) is 19.1 Å². The van der Waals surface area contributed by atoms with E-state index in [1.54, 1.807) is 6.07 Å². The van der Waals surface area contributed by atoms with Crippen LogP contribution in [0.4, 0.5) is 4.39 Å². The number of rotatable bonds is 3. The summed E-state index contributed by atoms with van der Waals surface area (Å²) in [5, 5.41) is 0. The summed E-state index contributed by atoms with van der Waals surface area (Å²) >= 11 is 0. The summed E-state index contributed by atoms with van der Waals surface area (Å²) in [6.07, 6.45) is 2.78. The maximum absolute atomic E-state index is 13.6. The van der Waals surface area contributed by atoms with Gasteiger partial charge in [-0.15, -0.1) is 0 Å². The normalized spacial score (nSPS) is 25.5. The SMILES string of the molecule is Cc1ccc(CN2CCC(N3CCO[C@H](C)C3)CC2)cc1F. The molecule has 2 heterocycles. The molecule has 0 bridgehead atoms. The van der Waals surface area contributed by atoms with Crippen molar-refractivity contribution >= 4 is 0 Å². The summed E-state index contributed by atoms with van der Waals surface area (Å²) in [5.41, 5.74) is 1.81. The van der Waals surface area contributed by atoms with Crippen molar-refractivity contribution in [1.29, 1.82) is 0 Å². The molecular weight excluding hydrogens is 279 g/mol. The van der Waals surface area contributed by atoms with Gasteiger partial charge in [0.15, 0.2) is 0 Å². The largest absolute Gasteiger partial charge is 0.376 e. The number of benzene rings is 1. The maximum atomic E-state index is 13.6. The van der Waals surface area contributed by atoms with Crippen molar-refractivity contribution in [3.05, 3.63) is 35.1 Å². The molecule has 0 radical (unpaired) electrons. The highest BCUT2D eigenvalue weighted by atomic mass is 19.1. The summed E-state index contributed by atoms with van der Waals surface area (Å²) in [7, 11) is 0. The van der Waals surface area contributed by atoms with Crippen molar-refractivity contribution in [2.24, 2.45) is 0 Å². The van der Waals surface area contributed by atoms with Crippen LogP contribution >= 0.6 is 0 Å². The predicted molar refractivity (Wildman–Crippen MR) is 86.4 cm³/mol. The Morgan fingerprint density at radius 2 is 2.00 bits per heavy atom. The van der Waals surface area contributed by atoms with Crippen molar-refractivity contribution in [3.63, 3.8) is 0 Å². The number of hydrogen-bond donors (Lipinski definition) is 0. The van der Waals surface area contributed by atoms with Gasteiger partial charge >= 0.3 is 0 Å². The summed E-state index contributed by atoms with van der Waals surface area (Å²) in [4.78, 5) is 5.04. The minimum Gasteiger partial charge on any atom is -0.376 e. The molecule has 0 unspecified atom stereocenters. The van der Waals surface area contributed by atoms with Crippen molar-refractivity contribution in [2.75, 3.05) is 32.8 Å². The van der Waals surface area contributed by atoms with Crippen LogP contribution in [0.1, 0.15) is 30.9 Å². The van der Waals surface area contributed by atoms with Crippen molar-refractivity contribution in [3.8, 4) is 0 Å². The molecule has 2 aliphatic heterocycles. The number of aryl methyl sites for hydroxylation is 1. The Labute approximate surface area is 133 Å². The first-order valence-electron chi connectivity index (χ1n) is 8.45. The molecule has 122 valence electrons. The molecule has 3 rings (SSSR count). The molecule has 1 atom stereocenters. The number of hydrogen-bond acceptors (Lipinski definition) is 3. The molecular formula is C18H27FN2O. The van der Waals surface area contributed by atoms with Crippen LogP contribution in [0, 0.1) is 12.7 Å². The Balaban J connectivity index is 1.50. The first-order valence-corrected chi connectivity index (χ1v) is 8.45. The van der Waals surface area contributed by atoms with E-state index in [9.17, 15) is 4.39 Å². The Morgan fingerprint density at radius 3 is 2.68 bits per heavy atom. The van der Waals surface area contributed by atoms with Crippen molar-refractivity contribution in [1.82, 2.24) is 9.80 Å². The van der Waals surface area contributed by atoms with Crippen LogP contribution in [0.3, 0.4) is 0 Å². The van der Waals surface area contributed by atoms with Gasteiger partial charge in [0.1, 0.15) is 5.82 Å². The van der Waals surface area contributed by atoms with E-state index in [1.165, 1.54) is 12.8 Å². The fraction of sp³-hybridized carbons (Fsp3) is 0.667. The minimum absolute atomic E-state index is 0.0882. The predicted octanol–water partition coefficient (Wildman–Crippen LogP) is 2.82. The average Bonchev–Trinajstić information content (AvgIpc) is 2.52. The maximum Gasteiger partial charge on any atom is 0.126 e. The second kappa shape index (κ2) is 7.07. The third-order valence-corrected chi connectivity index (χ3v) is 4.99. The first-order chi connectivity index (χ1) is 10.6. The molecule has 3 nitrogen and oxygen atoms in total. The number of morpholine rings is 1. The first kappa shape index (κ1) is 15.9. The average molecular weight is 306 g/mol. The van der Waals surface area contributed by atoms with Gasteiger partial charge < -0.3 is 4.74 Å². The molecule has 0 amide bonds. The summed E-state index contributed by atoms with van der Waals surface area (Å²) in [6, 6.07) is 6.31. The molecule has 0 aliphatic carbocycles. The van der Waals surface area contributed by atoms with Crippen LogP contribution in [0.2, 0.25) is 0 Å². The smallest absolute Gasteiger partial charge is 0.126 e. The van der Waals surface area contributed by atoms with E-state index in [4.69, 9.17) is 4.74 Å². The zero-order valence-corrected chi connectivity index (χ0v) is 13.7. The minimum atomic E-state index is -0.0882. The summed E-state index contributed by atoms with van der Waals surface area (Å²) < 4.78 is 19.3. The lowest BCUT2D eigenvalue weighted by atomic mass is 10.0. The topological polar surface area (TPSA) is 15.7 Å². The number of halogens is 1. The van der Waals surface area contributed by atoms with Crippen LogP contribution in [-0.2, 0) is 11.3 Å². The van der Waals surface area contributed by atoms with Crippen LogP contribution < -0.4 is 0 Å². The van der Waals surface area contributed by atoms with Gasteiger partial charge in [-0.05, 0) is 57.0 Å². The van der Waals surface area contributed by atoms with Crippen molar-refractivity contribution < 1.29 is 9.13 Å². The Hall–Kier alpha value is -0.970. The molecule has 1 aromatic rings. The van der Waals surface area contributed by atoms with E-state index in [-0.39, 0.29) is 5.82 Å². The molecule has 0 spiro atoms. The molecule has 2 aliphatic rings. The highest BCUT2D eigenvalue weighted by Crippen LogP contribution is 2.21. The highest BCUT2D eigenvalue weighted by Gasteiger charge is 2.27. The number of ether oxygens (including phenoxy) is 1. The lowest BCUT2D eigenvalue weighted by Gasteiger charge is -2.41. The molecule has 0 N–H and O–H groups in total. The third kappa shape index (κ3) is 3.86. The zero-order valence-electron chi connectivity index (χ0n) is 13.7. The molecule has 22 heavy (non-hydrogen) atoms. The van der Waals surface area contributed by atoms with Crippen LogP contribution in [-0.4, -0.2) is 54.7 Å². The molecule has 1 aromatic carbocycles. The number of likely N-dealkylation sites (tertiary alicyclic amines) is 1. The van der Waals surface area contributed by atoms with Gasteiger partial charge in [-0.25, -0.2) is 4.39 Å². The summed E-state index contributed by atoms with van der Waals surface area (Å²) in [6.45, 7) is 10.0. The van der Waals surface area contributed by atoms with Crippen LogP contribution in [0.15, 0.2) is 18.2 Å². The number of piperidine rings is 1.